The Labute approximate surface area is 221 Å². The third-order valence-corrected chi connectivity index (χ3v) is 7.83. The molecular formula is C28H23N3O4S2. The number of nitrogens with zero attached hydrogens (tertiary/aromatic N) is 1. The standard InChI is InChI=1S/C28H23N3O4S2/c1-34-19-11-13-24(35-2)23(15-19)30-26(32)16-36-28-31-22-12-10-18(14-25(22)37-28)29-27(33)21-9-5-7-17-6-3-4-8-20(17)21/h3-15H,16H2,1-2H3,(H,29,33)(H,30,32). The minimum Gasteiger partial charge on any atom is -0.497 e. The van der Waals surface area contributed by atoms with Gasteiger partial charge in [0.05, 0.1) is 35.9 Å². The highest BCUT2D eigenvalue weighted by atomic mass is 32.2. The normalized spacial score (nSPS) is 10.9. The highest BCUT2D eigenvalue weighted by Gasteiger charge is 2.14. The molecule has 4 aromatic carbocycles. The summed E-state index contributed by atoms with van der Waals surface area (Å²) in [6.45, 7) is 0. The number of methoxy groups -OCH3 is 2. The molecule has 0 aliphatic rings. The van der Waals surface area contributed by atoms with Crippen LogP contribution < -0.4 is 20.1 Å². The van der Waals surface area contributed by atoms with Gasteiger partial charge >= 0.3 is 0 Å². The Bertz CT molecular complexity index is 1610. The Hall–Kier alpha value is -4.08. The highest BCUT2D eigenvalue weighted by Crippen LogP contribution is 2.33. The second-order valence-electron chi connectivity index (χ2n) is 8.05. The van der Waals surface area contributed by atoms with Crippen molar-refractivity contribution in [2.24, 2.45) is 0 Å². The number of benzene rings is 4. The van der Waals surface area contributed by atoms with Crippen molar-refractivity contribution in [1.29, 1.82) is 0 Å². The lowest BCUT2D eigenvalue weighted by Gasteiger charge is -2.11. The van der Waals surface area contributed by atoms with Crippen LogP contribution >= 0.6 is 23.1 Å². The number of thiazole rings is 1. The number of carbonyl (C=O) groups is 2. The molecule has 0 aliphatic carbocycles. The maximum absolute atomic E-state index is 13.0. The maximum atomic E-state index is 13.0. The Morgan fingerprint density at radius 2 is 1.76 bits per heavy atom. The summed E-state index contributed by atoms with van der Waals surface area (Å²) >= 11 is 2.83. The van der Waals surface area contributed by atoms with Crippen LogP contribution in [0, 0.1) is 0 Å². The van der Waals surface area contributed by atoms with Crippen molar-refractivity contribution in [1.82, 2.24) is 4.98 Å². The molecule has 0 bridgehead atoms. The summed E-state index contributed by atoms with van der Waals surface area (Å²) in [5.41, 5.74) is 2.67. The van der Waals surface area contributed by atoms with Crippen LogP contribution in [0.5, 0.6) is 11.5 Å². The SMILES string of the molecule is COc1ccc(OC)c(NC(=O)CSc2nc3ccc(NC(=O)c4cccc5ccccc45)cc3s2)c1. The fourth-order valence-electron chi connectivity index (χ4n) is 3.89. The molecule has 2 N–H and O–H groups in total. The van der Waals surface area contributed by atoms with Crippen LogP contribution in [-0.2, 0) is 4.79 Å². The average Bonchev–Trinajstić information content (AvgIpc) is 3.33. The summed E-state index contributed by atoms with van der Waals surface area (Å²) in [5, 5.41) is 7.78. The lowest BCUT2D eigenvalue weighted by atomic mass is 10.0. The van der Waals surface area contributed by atoms with Gasteiger partial charge in [-0.2, -0.15) is 0 Å². The summed E-state index contributed by atoms with van der Waals surface area (Å²) in [4.78, 5) is 30.2. The molecule has 0 atom stereocenters. The number of ether oxygens (including phenoxy) is 2. The zero-order valence-corrected chi connectivity index (χ0v) is 21.7. The number of hydrogen-bond acceptors (Lipinski definition) is 7. The minimum atomic E-state index is -0.182. The molecule has 0 unspecified atom stereocenters. The summed E-state index contributed by atoms with van der Waals surface area (Å²) in [6.07, 6.45) is 0. The van der Waals surface area contributed by atoms with E-state index >= 15 is 0 Å². The molecule has 186 valence electrons. The smallest absolute Gasteiger partial charge is 0.256 e. The highest BCUT2D eigenvalue weighted by molar-refractivity contribution is 8.01. The van der Waals surface area contributed by atoms with E-state index in [2.05, 4.69) is 15.6 Å². The van der Waals surface area contributed by atoms with Gasteiger partial charge in [-0.1, -0.05) is 48.2 Å². The monoisotopic (exact) mass is 529 g/mol. The van der Waals surface area contributed by atoms with E-state index in [1.54, 1.807) is 32.4 Å². The van der Waals surface area contributed by atoms with Gasteiger partial charge < -0.3 is 20.1 Å². The number of carbonyl (C=O) groups excluding carboxylic acids is 2. The van der Waals surface area contributed by atoms with Crippen LogP contribution in [0.4, 0.5) is 11.4 Å². The number of aromatic nitrogens is 1. The fraction of sp³-hybridized carbons (Fsp3) is 0.107. The Morgan fingerprint density at radius 3 is 2.59 bits per heavy atom. The van der Waals surface area contributed by atoms with E-state index in [9.17, 15) is 9.59 Å². The Balaban J connectivity index is 1.25. The average molecular weight is 530 g/mol. The largest absolute Gasteiger partial charge is 0.497 e. The first-order valence-electron chi connectivity index (χ1n) is 11.4. The zero-order valence-electron chi connectivity index (χ0n) is 20.1. The number of rotatable bonds is 8. The minimum absolute atomic E-state index is 0.167. The first-order chi connectivity index (χ1) is 18.0. The molecule has 7 nitrogen and oxygen atoms in total. The molecule has 0 fully saturated rings. The predicted octanol–water partition coefficient (Wildman–Crippen LogP) is 6.45. The second kappa shape index (κ2) is 10.9. The van der Waals surface area contributed by atoms with E-state index in [0.29, 0.717) is 28.4 Å². The van der Waals surface area contributed by atoms with Crippen LogP contribution in [0.3, 0.4) is 0 Å². The van der Waals surface area contributed by atoms with E-state index in [-0.39, 0.29) is 17.6 Å². The molecule has 2 amide bonds. The van der Waals surface area contributed by atoms with Crippen molar-refractivity contribution >= 4 is 67.3 Å². The predicted molar refractivity (Wildman–Crippen MR) is 150 cm³/mol. The van der Waals surface area contributed by atoms with Gasteiger partial charge in [0.25, 0.3) is 5.91 Å². The van der Waals surface area contributed by atoms with Gasteiger partial charge in [-0.05, 0) is 47.2 Å². The van der Waals surface area contributed by atoms with Crippen molar-refractivity contribution in [2.45, 2.75) is 4.34 Å². The van der Waals surface area contributed by atoms with E-state index in [1.165, 1.54) is 23.1 Å². The number of amides is 2. The molecule has 1 heterocycles. The van der Waals surface area contributed by atoms with E-state index in [4.69, 9.17) is 9.47 Å². The molecule has 0 saturated carbocycles. The molecule has 0 spiro atoms. The second-order valence-corrected chi connectivity index (χ2v) is 10.3. The van der Waals surface area contributed by atoms with Gasteiger partial charge in [0, 0.05) is 17.3 Å². The first-order valence-corrected chi connectivity index (χ1v) is 13.2. The molecule has 0 radical (unpaired) electrons. The number of fused-ring (bicyclic) bond motifs is 2. The summed E-state index contributed by atoms with van der Waals surface area (Å²) in [6, 6.07) is 24.3. The van der Waals surface area contributed by atoms with E-state index in [1.807, 2.05) is 60.7 Å². The van der Waals surface area contributed by atoms with Gasteiger partial charge in [-0.15, -0.1) is 11.3 Å². The summed E-state index contributed by atoms with van der Waals surface area (Å²) < 4.78 is 12.2. The lowest BCUT2D eigenvalue weighted by Crippen LogP contribution is -2.14. The van der Waals surface area contributed by atoms with Crippen molar-refractivity contribution in [2.75, 3.05) is 30.6 Å². The van der Waals surface area contributed by atoms with E-state index in [0.717, 1.165) is 25.3 Å². The van der Waals surface area contributed by atoms with E-state index < -0.39 is 0 Å². The third kappa shape index (κ3) is 5.52. The van der Waals surface area contributed by atoms with Crippen LogP contribution in [0.15, 0.2) is 83.2 Å². The van der Waals surface area contributed by atoms with Crippen molar-refractivity contribution < 1.29 is 19.1 Å². The van der Waals surface area contributed by atoms with Gasteiger partial charge in [0.1, 0.15) is 11.5 Å². The first kappa shape index (κ1) is 24.6. The molecule has 5 rings (SSSR count). The summed E-state index contributed by atoms with van der Waals surface area (Å²) in [7, 11) is 3.11. The fourth-order valence-corrected chi connectivity index (χ4v) is 5.80. The van der Waals surface area contributed by atoms with Crippen LogP contribution in [0.2, 0.25) is 0 Å². The number of anilines is 2. The van der Waals surface area contributed by atoms with Crippen LogP contribution in [0.1, 0.15) is 10.4 Å². The Kier molecular flexibility index (Phi) is 7.25. The molecular weight excluding hydrogens is 506 g/mol. The molecule has 5 aromatic rings. The topological polar surface area (TPSA) is 89.6 Å². The molecule has 0 aliphatic heterocycles. The molecule has 0 saturated heterocycles. The van der Waals surface area contributed by atoms with Crippen molar-refractivity contribution in [3.05, 3.63) is 84.4 Å². The maximum Gasteiger partial charge on any atom is 0.256 e. The molecule has 1 aromatic heterocycles. The van der Waals surface area contributed by atoms with Gasteiger partial charge in [-0.25, -0.2) is 4.98 Å². The van der Waals surface area contributed by atoms with Crippen LogP contribution in [-0.4, -0.2) is 36.8 Å². The zero-order chi connectivity index (χ0) is 25.8. The quantitative estimate of drug-likeness (QED) is 0.225. The number of hydrogen-bond donors (Lipinski definition) is 2. The lowest BCUT2D eigenvalue weighted by molar-refractivity contribution is -0.113. The molecule has 37 heavy (non-hydrogen) atoms. The number of nitrogens with one attached hydrogen (secondary N) is 2. The summed E-state index contributed by atoms with van der Waals surface area (Å²) in [5.74, 6) is 1.01. The van der Waals surface area contributed by atoms with Gasteiger partial charge in [0.2, 0.25) is 5.91 Å². The Morgan fingerprint density at radius 1 is 0.919 bits per heavy atom. The van der Waals surface area contributed by atoms with Gasteiger partial charge in [-0.3, -0.25) is 9.59 Å². The number of thioether (sulfide) groups is 1. The van der Waals surface area contributed by atoms with Gasteiger partial charge in [0.15, 0.2) is 4.34 Å². The van der Waals surface area contributed by atoms with Crippen molar-refractivity contribution in [3.8, 4) is 11.5 Å². The third-order valence-electron chi connectivity index (χ3n) is 5.67. The molecule has 9 heteroatoms. The van der Waals surface area contributed by atoms with Crippen LogP contribution in [0.25, 0.3) is 21.0 Å². The van der Waals surface area contributed by atoms with Crippen molar-refractivity contribution in [3.63, 3.8) is 0 Å².